The first kappa shape index (κ1) is 18.3. The fourth-order valence-electron chi connectivity index (χ4n) is 3.06. The molecular weight excluding hydrogens is 350 g/mol. The van der Waals surface area contributed by atoms with E-state index >= 15 is 0 Å². The van der Waals surface area contributed by atoms with Crippen LogP contribution >= 0.6 is 11.8 Å². The third kappa shape index (κ3) is 3.85. The number of thioether (sulfide) groups is 1. The molecule has 2 aromatic carbocycles. The zero-order chi connectivity index (χ0) is 18.8. The molecule has 0 aliphatic carbocycles. The van der Waals surface area contributed by atoms with Crippen molar-refractivity contribution in [3.8, 4) is 11.5 Å². The Morgan fingerprint density at radius 3 is 2.27 bits per heavy atom. The van der Waals surface area contributed by atoms with Crippen LogP contribution < -0.4 is 14.8 Å². The van der Waals surface area contributed by atoms with Crippen LogP contribution in [-0.2, 0) is 4.79 Å². The van der Waals surface area contributed by atoms with Crippen molar-refractivity contribution in [2.24, 2.45) is 0 Å². The van der Waals surface area contributed by atoms with Crippen LogP contribution in [0.4, 0.5) is 5.69 Å². The van der Waals surface area contributed by atoms with Crippen LogP contribution in [0.25, 0.3) is 0 Å². The molecule has 1 aliphatic heterocycles. The maximum Gasteiger partial charge on any atom is 0.234 e. The van der Waals surface area contributed by atoms with Gasteiger partial charge in [-0.25, -0.2) is 0 Å². The summed E-state index contributed by atoms with van der Waals surface area (Å²) in [4.78, 5) is 25.4. The number of carbonyl (C=O) groups is 2. The van der Waals surface area contributed by atoms with E-state index in [1.54, 1.807) is 12.1 Å². The van der Waals surface area contributed by atoms with Gasteiger partial charge in [0, 0.05) is 16.5 Å². The molecule has 0 spiro atoms. The molecule has 0 bridgehead atoms. The topological polar surface area (TPSA) is 64.6 Å². The molecule has 6 heteroatoms. The van der Waals surface area contributed by atoms with Gasteiger partial charge in [0.25, 0.3) is 0 Å². The molecule has 1 aliphatic rings. The molecule has 1 N–H and O–H groups in total. The molecule has 0 atom stereocenters. The van der Waals surface area contributed by atoms with E-state index in [9.17, 15) is 9.59 Å². The second kappa shape index (κ2) is 7.41. The Morgan fingerprint density at radius 1 is 1.04 bits per heavy atom. The summed E-state index contributed by atoms with van der Waals surface area (Å²) in [6.45, 7) is 7.73. The largest absolute Gasteiger partial charge is 0.454 e. The van der Waals surface area contributed by atoms with E-state index in [-0.39, 0.29) is 24.2 Å². The van der Waals surface area contributed by atoms with Crippen molar-refractivity contribution in [1.82, 2.24) is 0 Å². The maximum atomic E-state index is 12.4. The summed E-state index contributed by atoms with van der Waals surface area (Å²) in [5, 5.41) is 2.83. The molecule has 1 heterocycles. The van der Waals surface area contributed by atoms with Gasteiger partial charge in [0.15, 0.2) is 17.3 Å². The van der Waals surface area contributed by atoms with Crippen molar-refractivity contribution in [2.45, 2.75) is 32.6 Å². The van der Waals surface area contributed by atoms with E-state index in [2.05, 4.69) is 24.4 Å². The summed E-state index contributed by atoms with van der Waals surface area (Å²) in [5.74, 6) is 1.00. The fourth-order valence-corrected chi connectivity index (χ4v) is 3.98. The highest BCUT2D eigenvalue weighted by Crippen LogP contribution is 2.37. The molecule has 3 rings (SSSR count). The molecule has 0 saturated heterocycles. The number of rotatable bonds is 5. The van der Waals surface area contributed by atoms with Crippen LogP contribution in [0.15, 0.2) is 29.2 Å². The van der Waals surface area contributed by atoms with Gasteiger partial charge in [0.1, 0.15) is 0 Å². The first-order valence-corrected chi connectivity index (χ1v) is 9.29. The molecule has 0 radical (unpaired) electrons. The monoisotopic (exact) mass is 371 g/mol. The molecule has 1 amide bonds. The SMILES string of the molecule is CC(=O)c1cc2c(cc1NC(=O)CSc1c(C)cc(C)cc1C)OCO2. The Labute approximate surface area is 157 Å². The fraction of sp³-hybridized carbons (Fsp3) is 0.300. The summed E-state index contributed by atoms with van der Waals surface area (Å²) >= 11 is 1.50. The van der Waals surface area contributed by atoms with Gasteiger partial charge in [-0.1, -0.05) is 17.7 Å². The van der Waals surface area contributed by atoms with Gasteiger partial charge in [0.2, 0.25) is 12.7 Å². The molecule has 0 unspecified atom stereocenters. The summed E-state index contributed by atoms with van der Waals surface area (Å²) in [5.41, 5.74) is 4.39. The summed E-state index contributed by atoms with van der Waals surface area (Å²) in [6.07, 6.45) is 0. The summed E-state index contributed by atoms with van der Waals surface area (Å²) in [6, 6.07) is 7.48. The minimum Gasteiger partial charge on any atom is -0.454 e. The molecule has 0 aromatic heterocycles. The van der Waals surface area contributed by atoms with E-state index in [1.807, 2.05) is 13.8 Å². The van der Waals surface area contributed by atoms with Crippen molar-refractivity contribution < 1.29 is 19.1 Å². The lowest BCUT2D eigenvalue weighted by atomic mass is 10.1. The number of fused-ring (bicyclic) bond motifs is 1. The van der Waals surface area contributed by atoms with Crippen LogP contribution in [0.5, 0.6) is 11.5 Å². The maximum absolute atomic E-state index is 12.4. The zero-order valence-electron chi connectivity index (χ0n) is 15.3. The van der Waals surface area contributed by atoms with Gasteiger partial charge in [0.05, 0.1) is 11.4 Å². The average Bonchev–Trinajstić information content (AvgIpc) is 3.00. The number of nitrogens with one attached hydrogen (secondary N) is 1. The number of aryl methyl sites for hydroxylation is 3. The number of ether oxygens (including phenoxy) is 2. The Bertz CT molecular complexity index is 869. The Balaban J connectivity index is 1.74. The van der Waals surface area contributed by atoms with Crippen molar-refractivity contribution in [3.05, 3.63) is 46.5 Å². The van der Waals surface area contributed by atoms with Gasteiger partial charge in [-0.05, 0) is 44.9 Å². The normalized spacial score (nSPS) is 12.2. The standard InChI is InChI=1S/C20H21NO4S/c1-11-5-12(2)20(13(3)6-11)26-9-19(23)21-16-8-18-17(24-10-25-18)7-15(16)14(4)22/h5-8H,9-10H2,1-4H3,(H,21,23). The van der Waals surface area contributed by atoms with Crippen LogP contribution in [-0.4, -0.2) is 24.2 Å². The van der Waals surface area contributed by atoms with E-state index in [0.29, 0.717) is 22.7 Å². The van der Waals surface area contributed by atoms with E-state index < -0.39 is 0 Å². The smallest absolute Gasteiger partial charge is 0.234 e. The molecular formula is C20H21NO4S. The highest BCUT2D eigenvalue weighted by atomic mass is 32.2. The number of carbonyl (C=O) groups excluding carboxylic acids is 2. The molecule has 2 aromatic rings. The lowest BCUT2D eigenvalue weighted by molar-refractivity contribution is -0.113. The van der Waals surface area contributed by atoms with Gasteiger partial charge in [-0.3, -0.25) is 9.59 Å². The third-order valence-corrected chi connectivity index (χ3v) is 5.46. The highest BCUT2D eigenvalue weighted by molar-refractivity contribution is 8.00. The first-order valence-electron chi connectivity index (χ1n) is 8.30. The first-order chi connectivity index (χ1) is 12.3. The molecule has 0 fully saturated rings. The van der Waals surface area contributed by atoms with E-state index in [0.717, 1.165) is 16.0 Å². The Hall–Kier alpha value is -2.47. The predicted octanol–water partition coefficient (Wildman–Crippen LogP) is 4.27. The van der Waals surface area contributed by atoms with Crippen molar-refractivity contribution >= 4 is 29.1 Å². The minimum atomic E-state index is -0.171. The number of hydrogen-bond acceptors (Lipinski definition) is 5. The zero-order valence-corrected chi connectivity index (χ0v) is 16.1. The molecule has 26 heavy (non-hydrogen) atoms. The summed E-state index contributed by atoms with van der Waals surface area (Å²) < 4.78 is 10.6. The number of benzene rings is 2. The van der Waals surface area contributed by atoms with Crippen molar-refractivity contribution in [1.29, 1.82) is 0 Å². The van der Waals surface area contributed by atoms with Gasteiger partial charge < -0.3 is 14.8 Å². The lowest BCUT2D eigenvalue weighted by Gasteiger charge is -2.13. The summed E-state index contributed by atoms with van der Waals surface area (Å²) in [7, 11) is 0. The Morgan fingerprint density at radius 2 is 1.65 bits per heavy atom. The minimum absolute atomic E-state index is 0.117. The number of anilines is 1. The molecule has 5 nitrogen and oxygen atoms in total. The van der Waals surface area contributed by atoms with E-state index in [4.69, 9.17) is 9.47 Å². The van der Waals surface area contributed by atoms with Crippen molar-refractivity contribution in [2.75, 3.05) is 17.9 Å². The lowest BCUT2D eigenvalue weighted by Crippen LogP contribution is -2.16. The van der Waals surface area contributed by atoms with Crippen LogP contribution in [0, 0.1) is 20.8 Å². The van der Waals surface area contributed by atoms with Crippen LogP contribution in [0.1, 0.15) is 34.0 Å². The predicted molar refractivity (Wildman–Crippen MR) is 103 cm³/mol. The average molecular weight is 371 g/mol. The second-order valence-corrected chi connectivity index (χ2v) is 7.36. The van der Waals surface area contributed by atoms with Gasteiger partial charge in [-0.15, -0.1) is 11.8 Å². The molecule has 0 saturated carbocycles. The Kier molecular flexibility index (Phi) is 5.23. The van der Waals surface area contributed by atoms with Gasteiger partial charge in [-0.2, -0.15) is 0 Å². The number of ketones is 1. The van der Waals surface area contributed by atoms with E-state index in [1.165, 1.54) is 24.2 Å². The molecule has 136 valence electrons. The van der Waals surface area contributed by atoms with Crippen LogP contribution in [0.2, 0.25) is 0 Å². The number of Topliss-reactive ketones (excluding diaryl/α,β-unsaturated/α-hetero) is 1. The van der Waals surface area contributed by atoms with Gasteiger partial charge >= 0.3 is 0 Å². The quantitative estimate of drug-likeness (QED) is 0.628. The van der Waals surface area contributed by atoms with Crippen LogP contribution in [0.3, 0.4) is 0 Å². The number of hydrogen-bond donors (Lipinski definition) is 1. The second-order valence-electron chi connectivity index (χ2n) is 6.37. The van der Waals surface area contributed by atoms with Crippen molar-refractivity contribution in [3.63, 3.8) is 0 Å². The number of amides is 1. The third-order valence-electron chi connectivity index (χ3n) is 4.12. The highest BCUT2D eigenvalue weighted by Gasteiger charge is 2.20.